The summed E-state index contributed by atoms with van der Waals surface area (Å²) in [5.41, 5.74) is 0.143. The van der Waals surface area contributed by atoms with E-state index in [-0.39, 0.29) is 21.8 Å². The van der Waals surface area contributed by atoms with E-state index in [4.69, 9.17) is 0 Å². The maximum absolute atomic E-state index is 13.9. The summed E-state index contributed by atoms with van der Waals surface area (Å²) in [6, 6.07) is 10.5. The van der Waals surface area contributed by atoms with Crippen LogP contribution in [0.25, 0.3) is 5.65 Å². The molecule has 2 aromatic carbocycles. The third-order valence-electron chi connectivity index (χ3n) is 4.48. The molecule has 0 aliphatic carbocycles. The SMILES string of the molecule is Cc1nnc2c(S(=O)(=O)N(Cc3cc(F)cc(F)c3)c3cccc(F)c3)cccn12. The van der Waals surface area contributed by atoms with Crippen molar-refractivity contribution < 1.29 is 21.6 Å². The lowest BCUT2D eigenvalue weighted by Gasteiger charge is -2.25. The zero-order chi connectivity index (χ0) is 21.5. The van der Waals surface area contributed by atoms with Gasteiger partial charge in [-0.2, -0.15) is 0 Å². The van der Waals surface area contributed by atoms with Gasteiger partial charge in [0.05, 0.1) is 12.2 Å². The number of hydrogen-bond acceptors (Lipinski definition) is 4. The summed E-state index contributed by atoms with van der Waals surface area (Å²) in [6.07, 6.45) is 1.61. The Morgan fingerprint density at radius 1 is 0.933 bits per heavy atom. The van der Waals surface area contributed by atoms with Gasteiger partial charge in [-0.25, -0.2) is 21.6 Å². The van der Waals surface area contributed by atoms with E-state index in [9.17, 15) is 21.6 Å². The van der Waals surface area contributed by atoms with Gasteiger partial charge < -0.3 is 0 Å². The molecule has 0 amide bonds. The Balaban J connectivity index is 1.90. The van der Waals surface area contributed by atoms with Crippen LogP contribution in [-0.2, 0) is 16.6 Å². The minimum absolute atomic E-state index is 0.00194. The molecular formula is C20H15F3N4O2S. The van der Waals surface area contributed by atoms with Gasteiger partial charge in [0.15, 0.2) is 5.65 Å². The van der Waals surface area contributed by atoms with Gasteiger partial charge in [0.1, 0.15) is 28.2 Å². The van der Waals surface area contributed by atoms with Crippen LogP contribution in [0.1, 0.15) is 11.4 Å². The average molecular weight is 432 g/mol. The molecule has 0 N–H and O–H groups in total. The second-order valence-electron chi connectivity index (χ2n) is 6.58. The van der Waals surface area contributed by atoms with Crippen molar-refractivity contribution in [3.8, 4) is 0 Å². The quantitative estimate of drug-likeness (QED) is 0.481. The van der Waals surface area contributed by atoms with Gasteiger partial charge in [-0.1, -0.05) is 6.07 Å². The summed E-state index contributed by atoms with van der Waals surface area (Å²) in [6.45, 7) is 1.24. The second-order valence-corrected chi connectivity index (χ2v) is 8.41. The summed E-state index contributed by atoms with van der Waals surface area (Å²) in [4.78, 5) is -0.174. The zero-order valence-electron chi connectivity index (χ0n) is 15.6. The number of halogens is 3. The van der Waals surface area contributed by atoms with Crippen molar-refractivity contribution >= 4 is 21.4 Å². The molecule has 30 heavy (non-hydrogen) atoms. The van der Waals surface area contributed by atoms with E-state index < -0.39 is 34.0 Å². The van der Waals surface area contributed by atoms with Gasteiger partial charge in [-0.15, -0.1) is 10.2 Å². The molecule has 4 rings (SSSR count). The molecule has 0 radical (unpaired) electrons. The van der Waals surface area contributed by atoms with Gasteiger partial charge in [-0.05, 0) is 55.0 Å². The molecule has 2 heterocycles. The Kier molecular flexibility index (Phi) is 4.94. The van der Waals surface area contributed by atoms with Crippen LogP contribution in [0.3, 0.4) is 0 Å². The lowest BCUT2D eigenvalue weighted by atomic mass is 10.2. The molecule has 0 fully saturated rings. The normalized spacial score (nSPS) is 11.7. The van der Waals surface area contributed by atoms with Crippen molar-refractivity contribution in [3.05, 3.63) is 89.6 Å². The Morgan fingerprint density at radius 3 is 2.37 bits per heavy atom. The molecule has 0 bridgehead atoms. The first-order valence-electron chi connectivity index (χ1n) is 8.79. The second kappa shape index (κ2) is 7.45. The molecule has 0 saturated carbocycles. The van der Waals surface area contributed by atoms with E-state index in [2.05, 4.69) is 10.2 Å². The standard InChI is InChI=1S/C20H15F3N4O2S/c1-13-24-25-20-19(6-3-7-26(13)20)30(28,29)27(18-5-2-4-15(21)11-18)12-14-8-16(22)10-17(23)9-14/h2-11H,12H2,1H3. The Bertz CT molecular complexity index is 1340. The molecule has 0 aliphatic heterocycles. The van der Waals surface area contributed by atoms with E-state index in [0.717, 1.165) is 22.5 Å². The van der Waals surface area contributed by atoms with E-state index in [1.54, 1.807) is 13.1 Å². The predicted molar refractivity (Wildman–Crippen MR) is 104 cm³/mol. The van der Waals surface area contributed by atoms with Gasteiger partial charge in [0.25, 0.3) is 10.0 Å². The smallest absolute Gasteiger partial charge is 0.268 e. The van der Waals surface area contributed by atoms with Crippen molar-refractivity contribution in [1.82, 2.24) is 14.6 Å². The number of aryl methyl sites for hydroxylation is 1. The van der Waals surface area contributed by atoms with E-state index in [1.165, 1.54) is 34.7 Å². The molecule has 0 aliphatic rings. The number of hydrogen-bond donors (Lipinski definition) is 0. The van der Waals surface area contributed by atoms with Gasteiger partial charge in [0, 0.05) is 12.3 Å². The van der Waals surface area contributed by atoms with Crippen molar-refractivity contribution in [3.63, 3.8) is 0 Å². The Hall–Kier alpha value is -3.40. The minimum Gasteiger partial charge on any atom is -0.286 e. The van der Waals surface area contributed by atoms with Crippen LogP contribution < -0.4 is 4.31 Å². The van der Waals surface area contributed by atoms with Crippen LogP contribution >= 0.6 is 0 Å². The Morgan fingerprint density at radius 2 is 1.67 bits per heavy atom. The highest BCUT2D eigenvalue weighted by Gasteiger charge is 2.29. The fourth-order valence-electron chi connectivity index (χ4n) is 3.14. The Labute approximate surface area is 170 Å². The predicted octanol–water partition coefficient (Wildman–Crippen LogP) is 3.85. The van der Waals surface area contributed by atoms with Gasteiger partial charge >= 0.3 is 0 Å². The first-order valence-corrected chi connectivity index (χ1v) is 10.2. The fourth-order valence-corrected chi connectivity index (χ4v) is 4.71. The number of anilines is 1. The van der Waals surface area contributed by atoms with Crippen LogP contribution in [0, 0.1) is 24.4 Å². The van der Waals surface area contributed by atoms with Crippen molar-refractivity contribution in [2.24, 2.45) is 0 Å². The highest BCUT2D eigenvalue weighted by molar-refractivity contribution is 7.93. The molecular weight excluding hydrogens is 417 g/mol. The van der Waals surface area contributed by atoms with Crippen molar-refractivity contribution in [1.29, 1.82) is 0 Å². The van der Waals surface area contributed by atoms with Crippen LogP contribution in [-0.4, -0.2) is 23.0 Å². The zero-order valence-corrected chi connectivity index (χ0v) is 16.4. The van der Waals surface area contributed by atoms with E-state index >= 15 is 0 Å². The minimum atomic E-state index is -4.31. The monoisotopic (exact) mass is 432 g/mol. The maximum Gasteiger partial charge on any atom is 0.268 e. The summed E-state index contributed by atoms with van der Waals surface area (Å²) < 4.78 is 70.8. The van der Waals surface area contributed by atoms with Crippen LogP contribution in [0.15, 0.2) is 65.7 Å². The number of aromatic nitrogens is 3. The lowest BCUT2D eigenvalue weighted by molar-refractivity contribution is 0.576. The lowest BCUT2D eigenvalue weighted by Crippen LogP contribution is -2.31. The summed E-state index contributed by atoms with van der Waals surface area (Å²) in [5, 5.41) is 7.82. The summed E-state index contributed by atoms with van der Waals surface area (Å²) in [5.74, 6) is -1.88. The number of sulfonamides is 1. The van der Waals surface area contributed by atoms with Crippen LogP contribution in [0.4, 0.5) is 18.9 Å². The molecule has 0 unspecified atom stereocenters. The molecule has 0 saturated heterocycles. The molecule has 0 atom stereocenters. The topological polar surface area (TPSA) is 67.6 Å². The highest BCUT2D eigenvalue weighted by atomic mass is 32.2. The molecule has 6 nitrogen and oxygen atoms in total. The van der Waals surface area contributed by atoms with E-state index in [0.29, 0.717) is 11.9 Å². The third-order valence-corrected chi connectivity index (χ3v) is 6.28. The molecule has 4 aromatic rings. The van der Waals surface area contributed by atoms with Crippen molar-refractivity contribution in [2.45, 2.75) is 18.4 Å². The fraction of sp³-hybridized carbons (Fsp3) is 0.100. The molecule has 2 aromatic heterocycles. The summed E-state index contributed by atoms with van der Waals surface area (Å²) >= 11 is 0. The van der Waals surface area contributed by atoms with Gasteiger partial charge in [0.2, 0.25) is 0 Å². The third kappa shape index (κ3) is 3.61. The van der Waals surface area contributed by atoms with Crippen LogP contribution in [0.5, 0.6) is 0 Å². The molecule has 154 valence electrons. The number of benzene rings is 2. The average Bonchev–Trinajstić information content (AvgIpc) is 3.06. The molecule has 0 spiro atoms. The number of nitrogens with zero attached hydrogens (tertiary/aromatic N) is 4. The van der Waals surface area contributed by atoms with Crippen molar-refractivity contribution in [2.75, 3.05) is 4.31 Å². The largest absolute Gasteiger partial charge is 0.286 e. The van der Waals surface area contributed by atoms with Gasteiger partial charge in [-0.3, -0.25) is 8.71 Å². The number of pyridine rings is 1. The highest BCUT2D eigenvalue weighted by Crippen LogP contribution is 2.29. The first-order chi connectivity index (χ1) is 14.3. The number of rotatable bonds is 5. The summed E-state index contributed by atoms with van der Waals surface area (Å²) in [7, 11) is -4.31. The van der Waals surface area contributed by atoms with Crippen LogP contribution in [0.2, 0.25) is 0 Å². The maximum atomic E-state index is 13.9. The number of fused-ring (bicyclic) bond motifs is 1. The van der Waals surface area contributed by atoms with E-state index in [1.807, 2.05) is 0 Å². The first kappa shape index (κ1) is 19.9. The molecule has 10 heteroatoms.